The molecule has 1 saturated heterocycles. The standard InChI is InChI=1S/C18H16O4S/c1-12-4-2-5-13(10-12)11-14(16-6-3-9-23-16)17(19)22-15-7-8-21-18(15)20/h2-6,9-11,15H,7-8H2,1H3/b14-11+/t15-/m0/s1. The van der Waals surface area contributed by atoms with Gasteiger partial charge in [0.15, 0.2) is 0 Å². The van der Waals surface area contributed by atoms with Crippen molar-refractivity contribution in [3.8, 4) is 0 Å². The number of esters is 2. The molecule has 0 saturated carbocycles. The Labute approximate surface area is 138 Å². The van der Waals surface area contributed by atoms with E-state index in [4.69, 9.17) is 9.47 Å². The van der Waals surface area contributed by atoms with Crippen molar-refractivity contribution in [3.05, 3.63) is 57.8 Å². The van der Waals surface area contributed by atoms with E-state index in [-0.39, 0.29) is 0 Å². The molecule has 1 aromatic heterocycles. The third kappa shape index (κ3) is 3.68. The summed E-state index contributed by atoms with van der Waals surface area (Å²) < 4.78 is 10.2. The summed E-state index contributed by atoms with van der Waals surface area (Å²) in [6, 6.07) is 11.6. The third-order valence-electron chi connectivity index (χ3n) is 3.50. The molecule has 1 aliphatic heterocycles. The number of hydrogen-bond acceptors (Lipinski definition) is 5. The lowest BCUT2D eigenvalue weighted by Crippen LogP contribution is -2.23. The van der Waals surface area contributed by atoms with Crippen LogP contribution in [-0.4, -0.2) is 24.6 Å². The van der Waals surface area contributed by atoms with Crippen LogP contribution in [0.15, 0.2) is 41.8 Å². The molecule has 2 heterocycles. The second-order valence-corrected chi connectivity index (χ2v) is 6.25. The van der Waals surface area contributed by atoms with Crippen LogP contribution in [0.4, 0.5) is 0 Å². The summed E-state index contributed by atoms with van der Waals surface area (Å²) in [7, 11) is 0. The topological polar surface area (TPSA) is 52.6 Å². The second-order valence-electron chi connectivity index (χ2n) is 5.30. The number of cyclic esters (lactones) is 1. The molecule has 0 unspecified atom stereocenters. The molecule has 0 bridgehead atoms. The van der Waals surface area contributed by atoms with Crippen molar-refractivity contribution >= 4 is 34.9 Å². The molecule has 1 atom stereocenters. The van der Waals surface area contributed by atoms with Gasteiger partial charge in [-0.15, -0.1) is 11.3 Å². The maximum atomic E-state index is 12.5. The molecule has 0 amide bonds. The molecule has 0 aliphatic carbocycles. The predicted molar refractivity (Wildman–Crippen MR) is 88.8 cm³/mol. The Morgan fingerprint density at radius 1 is 1.35 bits per heavy atom. The first-order valence-electron chi connectivity index (χ1n) is 7.33. The van der Waals surface area contributed by atoms with Crippen LogP contribution in [0.25, 0.3) is 11.6 Å². The number of carbonyl (C=O) groups excluding carboxylic acids is 2. The molecule has 1 aromatic carbocycles. The molecule has 1 aliphatic rings. The number of thiophene rings is 1. The van der Waals surface area contributed by atoms with E-state index in [2.05, 4.69) is 0 Å². The molecular formula is C18H16O4S. The van der Waals surface area contributed by atoms with E-state index in [1.165, 1.54) is 11.3 Å². The molecule has 3 rings (SSSR count). The van der Waals surface area contributed by atoms with Gasteiger partial charge in [-0.05, 0) is 30.0 Å². The van der Waals surface area contributed by atoms with E-state index in [1.807, 2.05) is 48.7 Å². The fourth-order valence-electron chi connectivity index (χ4n) is 2.37. The van der Waals surface area contributed by atoms with Crippen molar-refractivity contribution in [1.82, 2.24) is 0 Å². The first kappa shape index (κ1) is 15.5. The van der Waals surface area contributed by atoms with Gasteiger partial charge in [0, 0.05) is 11.3 Å². The zero-order chi connectivity index (χ0) is 16.2. The monoisotopic (exact) mass is 328 g/mol. The van der Waals surface area contributed by atoms with Gasteiger partial charge in [0.25, 0.3) is 0 Å². The molecule has 1 fully saturated rings. The quantitative estimate of drug-likeness (QED) is 0.637. The van der Waals surface area contributed by atoms with Crippen molar-refractivity contribution in [3.63, 3.8) is 0 Å². The maximum Gasteiger partial charge on any atom is 0.347 e. The smallest absolute Gasteiger partial charge is 0.347 e. The largest absolute Gasteiger partial charge is 0.463 e. The van der Waals surface area contributed by atoms with Crippen LogP contribution in [0.2, 0.25) is 0 Å². The first-order valence-corrected chi connectivity index (χ1v) is 8.21. The molecular weight excluding hydrogens is 312 g/mol. The minimum absolute atomic E-state index is 0.298. The third-order valence-corrected chi connectivity index (χ3v) is 4.40. The molecule has 118 valence electrons. The number of rotatable bonds is 4. The Morgan fingerprint density at radius 2 is 2.22 bits per heavy atom. The molecule has 2 aromatic rings. The van der Waals surface area contributed by atoms with Crippen LogP contribution in [0.3, 0.4) is 0 Å². The zero-order valence-electron chi connectivity index (χ0n) is 12.7. The highest BCUT2D eigenvalue weighted by Crippen LogP contribution is 2.26. The highest BCUT2D eigenvalue weighted by Gasteiger charge is 2.31. The summed E-state index contributed by atoms with van der Waals surface area (Å²) in [5, 5.41) is 1.90. The van der Waals surface area contributed by atoms with Crippen LogP contribution in [0.1, 0.15) is 22.4 Å². The van der Waals surface area contributed by atoms with Crippen LogP contribution in [0, 0.1) is 6.92 Å². The summed E-state index contributed by atoms with van der Waals surface area (Å²) in [6.07, 6.45) is 1.40. The minimum atomic E-state index is -0.802. The highest BCUT2D eigenvalue weighted by atomic mass is 32.1. The van der Waals surface area contributed by atoms with E-state index < -0.39 is 18.0 Å². The lowest BCUT2D eigenvalue weighted by molar-refractivity contribution is -0.156. The highest BCUT2D eigenvalue weighted by molar-refractivity contribution is 7.11. The van der Waals surface area contributed by atoms with E-state index in [9.17, 15) is 9.59 Å². The summed E-state index contributed by atoms with van der Waals surface area (Å²) in [4.78, 5) is 24.9. The van der Waals surface area contributed by atoms with Gasteiger partial charge in [-0.1, -0.05) is 35.9 Å². The summed E-state index contributed by atoms with van der Waals surface area (Å²) in [5.41, 5.74) is 2.47. The number of benzene rings is 1. The van der Waals surface area contributed by atoms with Crippen LogP contribution in [0.5, 0.6) is 0 Å². The van der Waals surface area contributed by atoms with E-state index in [1.54, 1.807) is 6.08 Å². The lowest BCUT2D eigenvalue weighted by atomic mass is 10.1. The fourth-order valence-corrected chi connectivity index (χ4v) is 3.10. The zero-order valence-corrected chi connectivity index (χ0v) is 13.5. The van der Waals surface area contributed by atoms with Gasteiger partial charge in [0.05, 0.1) is 12.2 Å². The minimum Gasteiger partial charge on any atom is -0.463 e. The first-order chi connectivity index (χ1) is 11.1. The van der Waals surface area contributed by atoms with Gasteiger partial charge in [-0.2, -0.15) is 0 Å². The molecule has 0 radical (unpaired) electrons. The fraction of sp³-hybridized carbons (Fsp3) is 0.222. The van der Waals surface area contributed by atoms with Crippen molar-refractivity contribution in [1.29, 1.82) is 0 Å². The molecule has 5 heteroatoms. The number of hydrogen-bond donors (Lipinski definition) is 0. The van der Waals surface area contributed by atoms with Crippen molar-refractivity contribution in [2.24, 2.45) is 0 Å². The van der Waals surface area contributed by atoms with Crippen LogP contribution >= 0.6 is 11.3 Å². The lowest BCUT2D eigenvalue weighted by Gasteiger charge is -2.10. The summed E-state index contributed by atoms with van der Waals surface area (Å²) in [5.74, 6) is -0.975. The Balaban J connectivity index is 1.90. The number of ether oxygens (including phenoxy) is 2. The molecule has 4 nitrogen and oxygen atoms in total. The number of aryl methyl sites for hydroxylation is 1. The van der Waals surface area contributed by atoms with Gasteiger partial charge < -0.3 is 9.47 Å². The van der Waals surface area contributed by atoms with Gasteiger partial charge >= 0.3 is 11.9 Å². The molecule has 23 heavy (non-hydrogen) atoms. The molecule has 0 N–H and O–H groups in total. The van der Waals surface area contributed by atoms with E-state index in [0.29, 0.717) is 18.6 Å². The van der Waals surface area contributed by atoms with Gasteiger partial charge in [-0.3, -0.25) is 0 Å². The summed E-state index contributed by atoms with van der Waals surface area (Å²) >= 11 is 1.46. The van der Waals surface area contributed by atoms with Crippen LogP contribution in [-0.2, 0) is 19.1 Å². The van der Waals surface area contributed by atoms with Gasteiger partial charge in [0.2, 0.25) is 6.10 Å². The average Bonchev–Trinajstić information content (AvgIpc) is 3.17. The normalized spacial score (nSPS) is 17.9. The predicted octanol–water partition coefficient (Wildman–Crippen LogP) is 3.46. The average molecular weight is 328 g/mol. The van der Waals surface area contributed by atoms with Crippen molar-refractivity contribution in [2.45, 2.75) is 19.4 Å². The maximum absolute atomic E-state index is 12.5. The Morgan fingerprint density at radius 3 is 2.87 bits per heavy atom. The van der Waals surface area contributed by atoms with Gasteiger partial charge in [-0.25, -0.2) is 9.59 Å². The van der Waals surface area contributed by atoms with E-state index in [0.717, 1.165) is 16.0 Å². The Hall–Kier alpha value is -2.40. The van der Waals surface area contributed by atoms with Crippen molar-refractivity contribution in [2.75, 3.05) is 6.61 Å². The number of carbonyl (C=O) groups is 2. The van der Waals surface area contributed by atoms with Gasteiger partial charge in [0.1, 0.15) is 0 Å². The Bertz CT molecular complexity index is 746. The van der Waals surface area contributed by atoms with Crippen LogP contribution < -0.4 is 0 Å². The molecule has 0 spiro atoms. The van der Waals surface area contributed by atoms with E-state index >= 15 is 0 Å². The second kappa shape index (κ2) is 6.79. The Kier molecular flexibility index (Phi) is 4.57. The summed E-state index contributed by atoms with van der Waals surface area (Å²) in [6.45, 7) is 2.29. The SMILES string of the molecule is Cc1cccc(/C=C(/C(=O)O[C@H]2CCOC2=O)c2cccs2)c1. The van der Waals surface area contributed by atoms with Crippen molar-refractivity contribution < 1.29 is 19.1 Å².